The Morgan fingerprint density at radius 3 is 2.62 bits per heavy atom. The van der Waals surface area contributed by atoms with Gasteiger partial charge in [-0.05, 0) is 42.8 Å². The first-order chi connectivity index (χ1) is 14.2. The third kappa shape index (κ3) is 4.00. The van der Waals surface area contributed by atoms with Gasteiger partial charge in [-0.15, -0.1) is 0 Å². The van der Waals surface area contributed by atoms with Crippen LogP contribution < -0.4 is 9.64 Å². The lowest BCUT2D eigenvalue weighted by molar-refractivity contribution is -0.117. The first kappa shape index (κ1) is 19.5. The molecule has 1 saturated heterocycles. The number of ether oxygens (including phenoxy) is 1. The topological polar surface area (TPSA) is 47.4 Å². The van der Waals surface area contributed by atoms with E-state index in [4.69, 9.17) is 9.72 Å². The highest BCUT2D eigenvalue weighted by molar-refractivity contribution is 5.96. The van der Waals surface area contributed by atoms with Crippen LogP contribution in [0.5, 0.6) is 5.75 Å². The Labute approximate surface area is 172 Å². The highest BCUT2D eigenvalue weighted by atomic mass is 16.5. The summed E-state index contributed by atoms with van der Waals surface area (Å²) in [4.78, 5) is 19.6. The van der Waals surface area contributed by atoms with Crippen LogP contribution in [0.4, 0.5) is 5.69 Å². The van der Waals surface area contributed by atoms with Crippen molar-refractivity contribution in [1.82, 2.24) is 9.55 Å². The van der Waals surface area contributed by atoms with Crippen LogP contribution in [-0.4, -0.2) is 29.1 Å². The van der Waals surface area contributed by atoms with Gasteiger partial charge in [0, 0.05) is 31.1 Å². The SMILES string of the molecule is CCCCCCn1c(C2CC(=O)N(c3ccc(OC)cc3)C2)nc2ccccc21. The number of rotatable bonds is 8. The van der Waals surface area contributed by atoms with E-state index in [9.17, 15) is 4.79 Å². The molecule has 1 aromatic heterocycles. The van der Waals surface area contributed by atoms with Gasteiger partial charge in [-0.1, -0.05) is 38.3 Å². The zero-order valence-electron chi connectivity index (χ0n) is 17.3. The summed E-state index contributed by atoms with van der Waals surface area (Å²) in [6, 6.07) is 16.0. The second kappa shape index (κ2) is 8.68. The van der Waals surface area contributed by atoms with Crippen LogP contribution >= 0.6 is 0 Å². The molecule has 2 aromatic carbocycles. The predicted molar refractivity (Wildman–Crippen MR) is 117 cm³/mol. The lowest BCUT2D eigenvalue weighted by atomic mass is 10.1. The monoisotopic (exact) mass is 391 g/mol. The molecule has 1 aliphatic heterocycles. The molecule has 152 valence electrons. The molecule has 1 aliphatic rings. The smallest absolute Gasteiger partial charge is 0.227 e. The number of anilines is 1. The van der Waals surface area contributed by atoms with Crippen molar-refractivity contribution < 1.29 is 9.53 Å². The summed E-state index contributed by atoms with van der Waals surface area (Å²) in [7, 11) is 1.65. The molecule has 0 aliphatic carbocycles. The summed E-state index contributed by atoms with van der Waals surface area (Å²) in [6.45, 7) is 3.86. The average Bonchev–Trinajstić information content (AvgIpc) is 3.32. The lowest BCUT2D eigenvalue weighted by Crippen LogP contribution is -2.24. The fraction of sp³-hybridized carbons (Fsp3) is 0.417. The quantitative estimate of drug-likeness (QED) is 0.499. The number of carbonyl (C=O) groups excluding carboxylic acids is 1. The van der Waals surface area contributed by atoms with Crippen LogP contribution in [-0.2, 0) is 11.3 Å². The molecule has 0 N–H and O–H groups in total. The molecule has 1 fully saturated rings. The summed E-state index contributed by atoms with van der Waals surface area (Å²) in [5, 5.41) is 0. The summed E-state index contributed by atoms with van der Waals surface area (Å²) in [5.41, 5.74) is 3.12. The van der Waals surface area contributed by atoms with E-state index in [-0.39, 0.29) is 11.8 Å². The van der Waals surface area contributed by atoms with Gasteiger partial charge in [0.05, 0.1) is 18.1 Å². The van der Waals surface area contributed by atoms with Crippen molar-refractivity contribution in [2.24, 2.45) is 0 Å². The van der Waals surface area contributed by atoms with Gasteiger partial charge in [-0.2, -0.15) is 0 Å². The van der Waals surface area contributed by atoms with E-state index in [1.807, 2.05) is 35.2 Å². The normalized spacial score (nSPS) is 16.7. The van der Waals surface area contributed by atoms with E-state index in [1.165, 1.54) is 24.8 Å². The fourth-order valence-electron chi connectivity index (χ4n) is 4.23. The number of hydrogen-bond donors (Lipinski definition) is 0. The highest BCUT2D eigenvalue weighted by Gasteiger charge is 2.34. The molecule has 1 amide bonds. The summed E-state index contributed by atoms with van der Waals surface area (Å²) in [6.07, 6.45) is 5.36. The van der Waals surface area contributed by atoms with Crippen LogP contribution in [0.1, 0.15) is 50.8 Å². The summed E-state index contributed by atoms with van der Waals surface area (Å²) >= 11 is 0. The molecule has 3 aromatic rings. The van der Waals surface area contributed by atoms with Crippen LogP contribution in [0.2, 0.25) is 0 Å². The molecule has 5 heteroatoms. The van der Waals surface area contributed by atoms with Gasteiger partial charge in [0.25, 0.3) is 0 Å². The Hall–Kier alpha value is -2.82. The number of para-hydroxylation sites is 2. The maximum Gasteiger partial charge on any atom is 0.227 e. The van der Waals surface area contributed by atoms with Crippen LogP contribution in [0.25, 0.3) is 11.0 Å². The van der Waals surface area contributed by atoms with Gasteiger partial charge in [-0.3, -0.25) is 4.79 Å². The summed E-state index contributed by atoms with van der Waals surface area (Å²) < 4.78 is 7.58. The number of aryl methyl sites for hydroxylation is 1. The van der Waals surface area contributed by atoms with E-state index in [0.29, 0.717) is 13.0 Å². The predicted octanol–water partition coefficient (Wildman–Crippen LogP) is 5.15. The molecule has 0 bridgehead atoms. The maximum atomic E-state index is 12.8. The number of aromatic nitrogens is 2. The number of unbranched alkanes of at least 4 members (excludes halogenated alkanes) is 3. The van der Waals surface area contributed by atoms with Gasteiger partial charge in [-0.25, -0.2) is 4.98 Å². The standard InChI is InChI=1S/C24H29N3O2/c1-3-4-5-8-15-26-22-10-7-6-9-21(22)25-24(26)18-16-23(28)27(17-18)19-11-13-20(29-2)14-12-19/h6-7,9-14,18H,3-5,8,15-17H2,1-2H3. The fourth-order valence-corrected chi connectivity index (χ4v) is 4.23. The Balaban J connectivity index is 1.59. The molecular weight excluding hydrogens is 362 g/mol. The van der Waals surface area contributed by atoms with Crippen LogP contribution in [0, 0.1) is 0 Å². The second-order valence-corrected chi connectivity index (χ2v) is 7.77. The molecule has 0 spiro atoms. The Kier molecular flexibility index (Phi) is 5.84. The first-order valence-electron chi connectivity index (χ1n) is 10.6. The van der Waals surface area contributed by atoms with Gasteiger partial charge in [0.1, 0.15) is 11.6 Å². The molecular formula is C24H29N3O2. The van der Waals surface area contributed by atoms with E-state index < -0.39 is 0 Å². The number of nitrogens with zero attached hydrogens (tertiary/aromatic N) is 3. The third-order valence-corrected chi connectivity index (χ3v) is 5.79. The number of carbonyl (C=O) groups is 1. The number of imidazole rings is 1. The van der Waals surface area contributed by atoms with Crippen molar-refractivity contribution in [3.8, 4) is 5.75 Å². The average molecular weight is 392 g/mol. The van der Waals surface area contributed by atoms with Gasteiger partial charge in [0.15, 0.2) is 0 Å². The maximum absolute atomic E-state index is 12.8. The molecule has 4 rings (SSSR count). The first-order valence-corrected chi connectivity index (χ1v) is 10.6. The summed E-state index contributed by atoms with van der Waals surface area (Å²) in [5.74, 6) is 2.12. The number of hydrogen-bond acceptors (Lipinski definition) is 3. The third-order valence-electron chi connectivity index (χ3n) is 5.79. The number of amides is 1. The lowest BCUT2D eigenvalue weighted by Gasteiger charge is -2.18. The number of methoxy groups -OCH3 is 1. The molecule has 0 saturated carbocycles. The van der Waals surface area contributed by atoms with Crippen molar-refractivity contribution in [3.05, 3.63) is 54.4 Å². The van der Waals surface area contributed by atoms with Crippen LogP contribution in [0.3, 0.4) is 0 Å². The van der Waals surface area contributed by atoms with Gasteiger partial charge < -0.3 is 14.2 Å². The molecule has 1 unspecified atom stereocenters. The zero-order chi connectivity index (χ0) is 20.2. The van der Waals surface area contributed by atoms with Crippen molar-refractivity contribution in [1.29, 1.82) is 0 Å². The molecule has 0 radical (unpaired) electrons. The minimum atomic E-state index is 0.114. The Morgan fingerprint density at radius 1 is 1.07 bits per heavy atom. The zero-order valence-corrected chi connectivity index (χ0v) is 17.3. The van der Waals surface area contributed by atoms with Crippen molar-refractivity contribution in [2.45, 2.75) is 51.5 Å². The van der Waals surface area contributed by atoms with Crippen molar-refractivity contribution >= 4 is 22.6 Å². The van der Waals surface area contributed by atoms with E-state index >= 15 is 0 Å². The molecule has 5 nitrogen and oxygen atoms in total. The second-order valence-electron chi connectivity index (χ2n) is 7.77. The molecule has 2 heterocycles. The Morgan fingerprint density at radius 2 is 1.86 bits per heavy atom. The minimum Gasteiger partial charge on any atom is -0.497 e. The largest absolute Gasteiger partial charge is 0.497 e. The highest BCUT2D eigenvalue weighted by Crippen LogP contribution is 2.34. The minimum absolute atomic E-state index is 0.114. The van der Waals surface area contributed by atoms with Gasteiger partial charge >= 0.3 is 0 Å². The Bertz CT molecular complexity index is 977. The van der Waals surface area contributed by atoms with Gasteiger partial charge in [0.2, 0.25) is 5.91 Å². The number of fused-ring (bicyclic) bond motifs is 1. The molecule has 1 atom stereocenters. The molecule has 29 heavy (non-hydrogen) atoms. The van der Waals surface area contributed by atoms with Crippen molar-refractivity contribution in [2.75, 3.05) is 18.6 Å². The van der Waals surface area contributed by atoms with Crippen molar-refractivity contribution in [3.63, 3.8) is 0 Å². The van der Waals surface area contributed by atoms with E-state index in [2.05, 4.69) is 29.7 Å². The van der Waals surface area contributed by atoms with Crippen LogP contribution in [0.15, 0.2) is 48.5 Å². The van der Waals surface area contributed by atoms with E-state index in [0.717, 1.165) is 35.7 Å². The van der Waals surface area contributed by atoms with E-state index in [1.54, 1.807) is 7.11 Å². The number of benzene rings is 2.